The molecule has 46 heavy (non-hydrogen) atoms. The minimum Gasteiger partial charge on any atom is -0.504 e. The molecule has 4 atom stereocenters. The number of nitrogens with zero attached hydrogens (tertiary/aromatic N) is 2. The molecule has 0 spiro atoms. The molecule has 0 radical (unpaired) electrons. The standard InChI is InChI=1S/C36H45IN2O7/c1-22(15-24-16-29(37)34(42)31(17-24)46-3)9-10-30(41)32-25(21-45-2)18-27-33(28(32)20-40)36(44)39(35(27)43)26-11-13-38(14-12-26)19-23-7-5-4-6-8-23/h4-8,15-17,26-28,30,33,40-42H,9-14,18-21H2,1-3H3/b22-15+/t27-,28+,30-,33-/m1/s1. The zero-order chi connectivity index (χ0) is 33.0. The number of aromatic hydroxyl groups is 1. The van der Waals surface area contributed by atoms with Crippen molar-refractivity contribution in [2.45, 2.75) is 57.7 Å². The third kappa shape index (κ3) is 7.36. The van der Waals surface area contributed by atoms with Crippen LogP contribution in [-0.2, 0) is 20.9 Å². The molecule has 0 aromatic heterocycles. The van der Waals surface area contributed by atoms with Crippen LogP contribution < -0.4 is 4.74 Å². The van der Waals surface area contributed by atoms with Crippen molar-refractivity contribution in [3.8, 4) is 11.5 Å². The minimum atomic E-state index is -0.903. The van der Waals surface area contributed by atoms with Crippen LogP contribution >= 0.6 is 22.6 Å². The summed E-state index contributed by atoms with van der Waals surface area (Å²) >= 11 is 2.06. The number of amides is 2. The number of fused-ring (bicyclic) bond motifs is 1. The number of rotatable bonds is 12. The van der Waals surface area contributed by atoms with Gasteiger partial charge in [0.25, 0.3) is 0 Å². The Morgan fingerprint density at radius 2 is 1.83 bits per heavy atom. The number of aliphatic hydroxyl groups excluding tert-OH is 2. The van der Waals surface area contributed by atoms with Gasteiger partial charge in [0.15, 0.2) is 11.5 Å². The Labute approximate surface area is 285 Å². The number of phenolic OH excluding ortho intramolecular Hbond substituents is 1. The fourth-order valence-corrected chi connectivity index (χ4v) is 8.16. The Kier molecular flexibility index (Phi) is 11.6. The van der Waals surface area contributed by atoms with Crippen LogP contribution in [0.25, 0.3) is 6.08 Å². The number of likely N-dealkylation sites (tertiary alicyclic amines) is 2. The number of allylic oxidation sites excluding steroid dienone is 1. The minimum absolute atomic E-state index is 0.101. The first kappa shape index (κ1) is 34.6. The van der Waals surface area contributed by atoms with E-state index < -0.39 is 23.9 Å². The van der Waals surface area contributed by atoms with Crippen LogP contribution in [0.1, 0.15) is 50.2 Å². The van der Waals surface area contributed by atoms with E-state index in [0.29, 0.717) is 34.2 Å². The molecule has 0 saturated carbocycles. The number of benzene rings is 2. The van der Waals surface area contributed by atoms with Gasteiger partial charge in [0.2, 0.25) is 11.8 Å². The van der Waals surface area contributed by atoms with E-state index >= 15 is 0 Å². The third-order valence-electron chi connectivity index (χ3n) is 9.76. The summed E-state index contributed by atoms with van der Waals surface area (Å²) in [4.78, 5) is 31.7. The summed E-state index contributed by atoms with van der Waals surface area (Å²) in [5.41, 5.74) is 4.58. The van der Waals surface area contributed by atoms with E-state index in [1.54, 1.807) is 13.2 Å². The molecular weight excluding hydrogens is 699 g/mol. The molecule has 3 N–H and O–H groups in total. The number of hydrogen-bond donors (Lipinski definition) is 3. The molecule has 2 saturated heterocycles. The average Bonchev–Trinajstić information content (AvgIpc) is 3.30. The summed E-state index contributed by atoms with van der Waals surface area (Å²) in [5, 5.41) is 32.4. The van der Waals surface area contributed by atoms with E-state index in [2.05, 4.69) is 39.6 Å². The summed E-state index contributed by atoms with van der Waals surface area (Å²) in [6, 6.07) is 13.8. The van der Waals surface area contributed by atoms with Crippen molar-refractivity contribution in [1.82, 2.24) is 9.80 Å². The Morgan fingerprint density at radius 3 is 2.48 bits per heavy atom. The molecule has 1 aliphatic carbocycles. The van der Waals surface area contributed by atoms with Crippen LogP contribution in [0.4, 0.5) is 0 Å². The number of aliphatic hydroxyl groups is 2. The second-order valence-electron chi connectivity index (χ2n) is 12.8. The van der Waals surface area contributed by atoms with Crippen molar-refractivity contribution >= 4 is 40.5 Å². The van der Waals surface area contributed by atoms with Gasteiger partial charge in [-0.3, -0.25) is 19.4 Å². The second kappa shape index (κ2) is 15.4. The molecule has 0 unspecified atom stereocenters. The maximum atomic E-state index is 14.0. The van der Waals surface area contributed by atoms with Crippen LogP contribution in [0.3, 0.4) is 0 Å². The van der Waals surface area contributed by atoms with Crippen molar-refractivity contribution in [3.63, 3.8) is 0 Å². The SMILES string of the molecule is COCC1=C([C@H](O)CC/C(C)=C/c2cc(I)c(O)c(OC)c2)[C@H](CO)[C@@H]2C(=O)N(C3CCN(Cc4ccccc4)CC3)C(=O)[C@@H]2C1. The van der Waals surface area contributed by atoms with Gasteiger partial charge in [0, 0.05) is 38.7 Å². The lowest BCUT2D eigenvalue weighted by molar-refractivity contribution is -0.144. The third-order valence-corrected chi connectivity index (χ3v) is 10.6. The van der Waals surface area contributed by atoms with Gasteiger partial charge in [-0.05, 0) is 96.0 Å². The average molecular weight is 745 g/mol. The molecule has 2 amide bonds. The Morgan fingerprint density at radius 1 is 1.11 bits per heavy atom. The van der Waals surface area contributed by atoms with Crippen LogP contribution in [-0.4, -0.2) is 89.6 Å². The fourth-order valence-electron chi connectivity index (χ4n) is 7.54. The van der Waals surface area contributed by atoms with Crippen molar-refractivity contribution in [3.05, 3.63) is 73.9 Å². The Bertz CT molecular complexity index is 1470. The van der Waals surface area contributed by atoms with Crippen LogP contribution in [0.5, 0.6) is 11.5 Å². The highest BCUT2D eigenvalue weighted by atomic mass is 127. The first-order chi connectivity index (χ1) is 22.2. The predicted molar refractivity (Wildman–Crippen MR) is 184 cm³/mol. The van der Waals surface area contributed by atoms with Gasteiger partial charge >= 0.3 is 0 Å². The topological polar surface area (TPSA) is 120 Å². The molecule has 9 nitrogen and oxygen atoms in total. The van der Waals surface area contributed by atoms with Gasteiger partial charge in [-0.1, -0.05) is 42.0 Å². The second-order valence-corrected chi connectivity index (χ2v) is 13.9. The van der Waals surface area contributed by atoms with Gasteiger partial charge in [-0.2, -0.15) is 0 Å². The number of methoxy groups -OCH3 is 2. The summed E-state index contributed by atoms with van der Waals surface area (Å²) in [6.07, 6.45) is 3.82. The highest BCUT2D eigenvalue weighted by Gasteiger charge is 2.56. The quantitative estimate of drug-likeness (QED) is 0.162. The number of ether oxygens (including phenoxy) is 2. The molecule has 3 aliphatic rings. The molecule has 10 heteroatoms. The van der Waals surface area contributed by atoms with Crippen molar-refractivity contribution < 1.29 is 34.4 Å². The highest BCUT2D eigenvalue weighted by molar-refractivity contribution is 14.1. The molecule has 248 valence electrons. The number of halogens is 1. The van der Waals surface area contributed by atoms with Crippen LogP contribution in [0, 0.1) is 21.3 Å². The molecular formula is C36H45IN2O7. The maximum Gasteiger partial charge on any atom is 0.234 e. The summed E-state index contributed by atoms with van der Waals surface area (Å²) in [5.74, 6) is -1.77. The first-order valence-corrected chi connectivity index (χ1v) is 17.1. The Hall–Kier alpha value is -2.77. The molecule has 2 aliphatic heterocycles. The van der Waals surface area contributed by atoms with Crippen LogP contribution in [0.2, 0.25) is 0 Å². The molecule has 5 rings (SSSR count). The zero-order valence-electron chi connectivity index (χ0n) is 26.8. The van der Waals surface area contributed by atoms with E-state index in [-0.39, 0.29) is 36.8 Å². The molecule has 2 fully saturated rings. The monoisotopic (exact) mass is 744 g/mol. The van der Waals surface area contributed by atoms with Gasteiger partial charge in [0.1, 0.15) is 0 Å². The van der Waals surface area contributed by atoms with Gasteiger partial charge in [0.05, 0.1) is 41.8 Å². The van der Waals surface area contributed by atoms with Crippen LogP contribution in [0.15, 0.2) is 59.2 Å². The lowest BCUT2D eigenvalue weighted by Gasteiger charge is -2.37. The smallest absolute Gasteiger partial charge is 0.234 e. The maximum absolute atomic E-state index is 14.0. The largest absolute Gasteiger partial charge is 0.504 e. The molecule has 0 bridgehead atoms. The van der Waals surface area contributed by atoms with Crippen molar-refractivity contribution in [1.29, 1.82) is 0 Å². The number of phenols is 1. The lowest BCUT2D eigenvalue weighted by atomic mass is 9.68. The van der Waals surface area contributed by atoms with Gasteiger partial charge in [-0.15, -0.1) is 0 Å². The number of piperidine rings is 1. The van der Waals surface area contributed by atoms with Gasteiger partial charge in [-0.25, -0.2) is 0 Å². The normalized spacial score (nSPS) is 23.7. The Balaban J connectivity index is 1.28. The number of carbonyl (C=O) groups is 2. The summed E-state index contributed by atoms with van der Waals surface area (Å²) < 4.78 is 11.5. The van der Waals surface area contributed by atoms with Crippen molar-refractivity contribution in [2.24, 2.45) is 17.8 Å². The molecule has 2 heterocycles. The van der Waals surface area contributed by atoms with E-state index in [1.165, 1.54) is 17.6 Å². The number of imide groups is 1. The lowest BCUT2D eigenvalue weighted by Crippen LogP contribution is -2.47. The highest BCUT2D eigenvalue weighted by Crippen LogP contribution is 2.47. The van der Waals surface area contributed by atoms with Gasteiger partial charge < -0.3 is 24.8 Å². The van der Waals surface area contributed by atoms with Crippen molar-refractivity contribution in [2.75, 3.05) is 40.5 Å². The summed E-state index contributed by atoms with van der Waals surface area (Å²) in [7, 11) is 3.09. The number of hydrogen-bond acceptors (Lipinski definition) is 8. The molecule has 2 aromatic carbocycles. The van der Waals surface area contributed by atoms with E-state index in [9.17, 15) is 24.9 Å². The van der Waals surface area contributed by atoms with E-state index in [1.807, 2.05) is 37.3 Å². The fraction of sp³-hybridized carbons (Fsp3) is 0.500. The predicted octanol–water partition coefficient (Wildman–Crippen LogP) is 4.77. The first-order valence-electron chi connectivity index (χ1n) is 16.0. The summed E-state index contributed by atoms with van der Waals surface area (Å²) in [6.45, 7) is 4.32. The number of carbonyl (C=O) groups excluding carboxylic acids is 2. The molecule has 2 aromatic rings. The van der Waals surface area contributed by atoms with E-state index in [0.717, 1.165) is 49.2 Å². The zero-order valence-corrected chi connectivity index (χ0v) is 29.0. The van der Waals surface area contributed by atoms with E-state index in [4.69, 9.17) is 9.47 Å².